The highest BCUT2D eigenvalue weighted by atomic mass is 32.1. The lowest BCUT2D eigenvalue weighted by Gasteiger charge is -1.87. The first-order valence-electron chi connectivity index (χ1n) is 3.96. The summed E-state index contributed by atoms with van der Waals surface area (Å²) < 4.78 is 4.86. The Morgan fingerprint density at radius 2 is 2.06 bits per heavy atom. The van der Waals surface area contributed by atoms with Crippen molar-refractivity contribution in [2.75, 3.05) is 0 Å². The molecule has 0 spiro atoms. The van der Waals surface area contributed by atoms with Crippen molar-refractivity contribution in [1.82, 2.24) is 9.97 Å². The summed E-state index contributed by atoms with van der Waals surface area (Å²) in [7, 11) is 0. The molecule has 0 atom stereocenters. The van der Waals surface area contributed by atoms with Crippen LogP contribution in [0.1, 0.15) is 21.0 Å². The Balaban J connectivity index is 2.55. The molecule has 8 heteroatoms. The lowest BCUT2D eigenvalue weighted by atomic mass is 10.3. The normalized spacial score (nSPS) is 10.2. The van der Waals surface area contributed by atoms with Crippen LogP contribution in [-0.4, -0.2) is 32.1 Å². The Labute approximate surface area is 92.0 Å². The van der Waals surface area contributed by atoms with Gasteiger partial charge in [0.05, 0.1) is 11.7 Å². The minimum atomic E-state index is -1.47. The molecule has 7 nitrogen and oxygen atoms in total. The van der Waals surface area contributed by atoms with E-state index in [1.54, 1.807) is 0 Å². The summed E-state index contributed by atoms with van der Waals surface area (Å²) in [6, 6.07) is 0. The molecule has 0 aliphatic carbocycles. The molecule has 0 amide bonds. The summed E-state index contributed by atoms with van der Waals surface area (Å²) in [4.78, 5) is 29.2. The van der Waals surface area contributed by atoms with Gasteiger partial charge in [-0.1, -0.05) is 0 Å². The van der Waals surface area contributed by atoms with Crippen molar-refractivity contribution in [3.8, 4) is 10.8 Å². The van der Waals surface area contributed by atoms with E-state index >= 15 is 0 Å². The predicted octanol–water partition coefficient (Wildman–Crippen LogP) is 1.19. The summed E-state index contributed by atoms with van der Waals surface area (Å²) in [5.41, 5.74) is 0.886. The molecule has 2 N–H and O–H groups in total. The summed E-state index contributed by atoms with van der Waals surface area (Å²) in [6.45, 7) is 0. The van der Waals surface area contributed by atoms with Gasteiger partial charge in [0.25, 0.3) is 0 Å². The number of aromatic nitrogens is 2. The van der Waals surface area contributed by atoms with Crippen molar-refractivity contribution in [2.45, 2.75) is 0 Å². The van der Waals surface area contributed by atoms with Gasteiger partial charge in [-0.25, -0.2) is 14.6 Å². The SMILES string of the molecule is O=C(O)c1nc(-c2cncs2)oc1C(=O)O. The van der Waals surface area contributed by atoms with Crippen LogP contribution in [0.2, 0.25) is 0 Å². The predicted molar refractivity (Wildman–Crippen MR) is 51.5 cm³/mol. The van der Waals surface area contributed by atoms with E-state index in [2.05, 4.69) is 9.97 Å². The first kappa shape index (κ1) is 10.3. The number of carboxylic acids is 2. The number of aromatic carboxylic acids is 2. The monoisotopic (exact) mass is 240 g/mol. The van der Waals surface area contributed by atoms with Gasteiger partial charge >= 0.3 is 11.9 Å². The second kappa shape index (κ2) is 3.74. The van der Waals surface area contributed by atoms with Gasteiger partial charge in [0.15, 0.2) is 0 Å². The van der Waals surface area contributed by atoms with Gasteiger partial charge in [0.1, 0.15) is 4.88 Å². The number of rotatable bonds is 3. The van der Waals surface area contributed by atoms with Gasteiger partial charge in [0, 0.05) is 0 Å². The standard InChI is InChI=1S/C8H4N2O5S/c11-7(12)4-5(8(13)14)15-6(10-4)3-1-9-2-16-3/h1-2H,(H,11,12)(H,13,14). The number of nitrogens with zero attached hydrogens (tertiary/aromatic N) is 2. The van der Waals surface area contributed by atoms with Crippen LogP contribution in [0.25, 0.3) is 10.8 Å². The molecule has 0 unspecified atom stereocenters. The van der Waals surface area contributed by atoms with E-state index in [0.717, 1.165) is 0 Å². The lowest BCUT2D eigenvalue weighted by molar-refractivity contribution is 0.0624. The molecule has 0 radical (unpaired) electrons. The van der Waals surface area contributed by atoms with Gasteiger partial charge in [-0.2, -0.15) is 0 Å². The Morgan fingerprint density at radius 1 is 1.31 bits per heavy atom. The molecule has 2 aromatic rings. The first-order chi connectivity index (χ1) is 7.59. The van der Waals surface area contributed by atoms with Crippen LogP contribution < -0.4 is 0 Å². The second-order valence-corrected chi connectivity index (χ2v) is 3.56. The van der Waals surface area contributed by atoms with Gasteiger partial charge in [-0.05, 0) is 0 Å². The Hall–Kier alpha value is -2.22. The van der Waals surface area contributed by atoms with Crippen molar-refractivity contribution in [3.63, 3.8) is 0 Å². The molecule has 0 saturated heterocycles. The largest absolute Gasteiger partial charge is 0.476 e. The smallest absolute Gasteiger partial charge is 0.374 e. The van der Waals surface area contributed by atoms with Crippen molar-refractivity contribution in [2.24, 2.45) is 0 Å². The highest BCUT2D eigenvalue weighted by Crippen LogP contribution is 2.25. The van der Waals surface area contributed by atoms with Crippen molar-refractivity contribution >= 4 is 23.3 Å². The highest BCUT2D eigenvalue weighted by molar-refractivity contribution is 7.13. The number of thiazole rings is 1. The zero-order valence-electron chi connectivity index (χ0n) is 7.58. The number of hydrogen-bond donors (Lipinski definition) is 2. The van der Waals surface area contributed by atoms with Crippen LogP contribution >= 0.6 is 11.3 Å². The quantitative estimate of drug-likeness (QED) is 0.828. The van der Waals surface area contributed by atoms with Gasteiger partial charge in [0.2, 0.25) is 17.3 Å². The minimum Gasteiger partial charge on any atom is -0.476 e. The molecule has 2 heterocycles. The number of oxazole rings is 1. The van der Waals surface area contributed by atoms with E-state index < -0.39 is 23.4 Å². The fraction of sp³-hybridized carbons (Fsp3) is 0. The second-order valence-electron chi connectivity index (χ2n) is 2.67. The molecule has 0 aromatic carbocycles. The molecular weight excluding hydrogens is 236 g/mol. The molecule has 16 heavy (non-hydrogen) atoms. The van der Waals surface area contributed by atoms with Crippen molar-refractivity contribution in [3.05, 3.63) is 23.2 Å². The zero-order valence-corrected chi connectivity index (χ0v) is 8.39. The van der Waals surface area contributed by atoms with E-state index in [9.17, 15) is 9.59 Å². The van der Waals surface area contributed by atoms with E-state index in [1.165, 1.54) is 23.0 Å². The van der Waals surface area contributed by atoms with E-state index in [4.69, 9.17) is 14.6 Å². The molecule has 0 bridgehead atoms. The number of hydrogen-bond acceptors (Lipinski definition) is 6. The minimum absolute atomic E-state index is 0.0581. The van der Waals surface area contributed by atoms with Crippen LogP contribution in [-0.2, 0) is 0 Å². The molecule has 0 aliphatic rings. The lowest BCUT2D eigenvalue weighted by Crippen LogP contribution is -2.05. The topological polar surface area (TPSA) is 114 Å². The van der Waals surface area contributed by atoms with Crippen LogP contribution in [0.15, 0.2) is 16.1 Å². The first-order valence-corrected chi connectivity index (χ1v) is 4.84. The maximum Gasteiger partial charge on any atom is 0.374 e. The summed E-state index contributed by atoms with van der Waals surface area (Å²) in [5.74, 6) is -3.66. The van der Waals surface area contributed by atoms with E-state index in [-0.39, 0.29) is 5.89 Å². The zero-order chi connectivity index (χ0) is 11.7. The van der Waals surface area contributed by atoms with Gasteiger partial charge in [-0.3, -0.25) is 4.98 Å². The summed E-state index contributed by atoms with van der Waals surface area (Å²) >= 11 is 1.17. The average molecular weight is 240 g/mol. The van der Waals surface area contributed by atoms with Gasteiger partial charge < -0.3 is 14.6 Å². The third kappa shape index (κ3) is 1.65. The summed E-state index contributed by atoms with van der Waals surface area (Å²) in [5, 5.41) is 17.4. The number of carboxylic acid groups (broad SMARTS) is 2. The van der Waals surface area contributed by atoms with E-state index in [1.807, 2.05) is 0 Å². The van der Waals surface area contributed by atoms with Crippen LogP contribution in [0.5, 0.6) is 0 Å². The van der Waals surface area contributed by atoms with Crippen LogP contribution in [0, 0.1) is 0 Å². The molecule has 0 fully saturated rings. The fourth-order valence-electron chi connectivity index (χ4n) is 1.04. The summed E-state index contributed by atoms with van der Waals surface area (Å²) in [6.07, 6.45) is 1.41. The van der Waals surface area contributed by atoms with Crippen LogP contribution in [0.3, 0.4) is 0 Å². The maximum atomic E-state index is 10.7. The Bertz CT molecular complexity index is 513. The molecule has 0 saturated carbocycles. The third-order valence-electron chi connectivity index (χ3n) is 1.67. The Morgan fingerprint density at radius 3 is 2.50 bits per heavy atom. The van der Waals surface area contributed by atoms with Crippen molar-refractivity contribution in [1.29, 1.82) is 0 Å². The number of carbonyl (C=O) groups is 2. The van der Waals surface area contributed by atoms with Gasteiger partial charge in [-0.15, -0.1) is 11.3 Å². The molecule has 2 rings (SSSR count). The Kier molecular flexibility index (Phi) is 2.41. The molecule has 0 aliphatic heterocycles. The van der Waals surface area contributed by atoms with Crippen LogP contribution in [0.4, 0.5) is 0 Å². The van der Waals surface area contributed by atoms with E-state index in [0.29, 0.717) is 4.88 Å². The fourth-order valence-corrected chi connectivity index (χ4v) is 1.58. The average Bonchev–Trinajstić information content (AvgIpc) is 2.86. The highest BCUT2D eigenvalue weighted by Gasteiger charge is 2.25. The third-order valence-corrected chi connectivity index (χ3v) is 2.43. The molecule has 2 aromatic heterocycles. The molecule has 82 valence electrons. The van der Waals surface area contributed by atoms with Crippen molar-refractivity contribution < 1.29 is 24.2 Å². The molecular formula is C8H4N2O5S. The maximum absolute atomic E-state index is 10.7.